The Hall–Kier alpha value is 1.16. The molecule has 0 aliphatic carbocycles. The number of halogens is 4. The normalized spacial score (nSPS) is 19.4. The van der Waals surface area contributed by atoms with Gasteiger partial charge < -0.3 is 0 Å². The first-order chi connectivity index (χ1) is 5.07. The molecule has 0 amide bonds. The van der Waals surface area contributed by atoms with E-state index in [9.17, 15) is 0 Å². The summed E-state index contributed by atoms with van der Waals surface area (Å²) in [4.78, 5) is 0. The first kappa shape index (κ1) is 12.2. The third-order valence-corrected chi connectivity index (χ3v) is 3.35. The zero-order valence-electron chi connectivity index (χ0n) is 6.37. The molecule has 0 N–H and O–H groups in total. The quantitative estimate of drug-likeness (QED) is 0.638. The fourth-order valence-electron chi connectivity index (χ4n) is 0.647. The van der Waals surface area contributed by atoms with Gasteiger partial charge in [-0.05, 0) is 19.8 Å². The molecule has 68 valence electrons. The highest BCUT2D eigenvalue weighted by Gasteiger charge is 2.13. The Labute approximate surface area is 88.1 Å². The molecule has 0 nitrogen and oxygen atoms in total. The number of hydrogen-bond donors (Lipinski definition) is 0. The van der Waals surface area contributed by atoms with Crippen molar-refractivity contribution < 1.29 is 0 Å². The first-order valence-corrected chi connectivity index (χ1v) is 5.40. The molecule has 0 aromatic rings. The van der Waals surface area contributed by atoms with Crippen LogP contribution in [0.15, 0.2) is 0 Å². The van der Waals surface area contributed by atoms with Crippen LogP contribution in [-0.2, 0) is 0 Å². The summed E-state index contributed by atoms with van der Waals surface area (Å²) in [5.74, 6) is 0.474. The van der Waals surface area contributed by atoms with Gasteiger partial charge in [0.2, 0.25) is 0 Å². The molecule has 0 bridgehead atoms. The molecule has 4 heteroatoms. The molecule has 0 fully saturated rings. The molecule has 0 aliphatic rings. The Morgan fingerprint density at radius 2 is 1.64 bits per heavy atom. The van der Waals surface area contributed by atoms with Gasteiger partial charge in [-0.2, -0.15) is 0 Å². The maximum Gasteiger partial charge on any atom is 0.0497 e. The first-order valence-electron chi connectivity index (χ1n) is 3.56. The lowest BCUT2D eigenvalue weighted by Crippen LogP contribution is -2.13. The van der Waals surface area contributed by atoms with Gasteiger partial charge in [-0.3, -0.25) is 0 Å². The summed E-state index contributed by atoms with van der Waals surface area (Å²) in [6, 6.07) is 0. The van der Waals surface area contributed by atoms with E-state index in [1.807, 2.05) is 6.92 Å². The van der Waals surface area contributed by atoms with Gasteiger partial charge in [-0.25, -0.2) is 0 Å². The van der Waals surface area contributed by atoms with Crippen LogP contribution < -0.4 is 0 Å². The van der Waals surface area contributed by atoms with Crippen LogP contribution in [-0.4, -0.2) is 22.0 Å². The zero-order valence-corrected chi connectivity index (χ0v) is 9.39. The fraction of sp³-hybridized carbons (Fsp3) is 1.00. The van der Waals surface area contributed by atoms with Crippen LogP contribution in [0.25, 0.3) is 0 Å². The van der Waals surface area contributed by atoms with Crippen LogP contribution >= 0.6 is 46.4 Å². The second kappa shape index (κ2) is 6.65. The van der Waals surface area contributed by atoms with Crippen LogP contribution in [0.1, 0.15) is 19.8 Å². The lowest BCUT2D eigenvalue weighted by Gasteiger charge is -2.12. The average Bonchev–Trinajstić information content (AvgIpc) is 1.99. The van der Waals surface area contributed by atoms with E-state index in [2.05, 4.69) is 0 Å². The molecule has 3 unspecified atom stereocenters. The molecule has 0 saturated heterocycles. The molecule has 0 aliphatic heterocycles. The monoisotopic (exact) mass is 236 g/mol. The summed E-state index contributed by atoms with van der Waals surface area (Å²) in [7, 11) is 0. The lowest BCUT2D eigenvalue weighted by atomic mass is 10.1. The standard InChI is InChI=1S/C7H12Cl4/c1-5(9)7(11)3-2-6(10)4-8/h5-7H,2-4H2,1H3. The third kappa shape index (κ3) is 6.33. The molecule has 0 radical (unpaired) electrons. The maximum atomic E-state index is 5.88. The second-order valence-electron chi connectivity index (χ2n) is 2.52. The highest BCUT2D eigenvalue weighted by Crippen LogP contribution is 2.18. The summed E-state index contributed by atoms with van der Waals surface area (Å²) in [6.45, 7) is 1.88. The van der Waals surface area contributed by atoms with Crippen molar-refractivity contribution in [3.05, 3.63) is 0 Å². The van der Waals surface area contributed by atoms with Gasteiger partial charge in [0, 0.05) is 22.0 Å². The van der Waals surface area contributed by atoms with Gasteiger partial charge in [0.25, 0.3) is 0 Å². The van der Waals surface area contributed by atoms with Crippen molar-refractivity contribution in [3.63, 3.8) is 0 Å². The highest BCUT2D eigenvalue weighted by molar-refractivity contribution is 6.30. The molecule has 0 spiro atoms. The predicted molar refractivity (Wildman–Crippen MR) is 54.6 cm³/mol. The molecule has 0 heterocycles. The van der Waals surface area contributed by atoms with Crippen molar-refractivity contribution in [2.75, 3.05) is 5.88 Å². The van der Waals surface area contributed by atoms with Gasteiger partial charge in [0.15, 0.2) is 0 Å². The predicted octanol–water partition coefficient (Wildman–Crippen LogP) is 3.85. The molecule has 0 aromatic carbocycles. The average molecular weight is 238 g/mol. The van der Waals surface area contributed by atoms with Gasteiger partial charge in [0.1, 0.15) is 0 Å². The minimum absolute atomic E-state index is 0.00105. The van der Waals surface area contributed by atoms with Crippen LogP contribution in [0.5, 0.6) is 0 Å². The summed E-state index contributed by atoms with van der Waals surface area (Å²) in [6.07, 6.45) is 1.66. The zero-order chi connectivity index (χ0) is 8.85. The molecule has 3 atom stereocenters. The Morgan fingerprint density at radius 1 is 1.09 bits per heavy atom. The van der Waals surface area contributed by atoms with Crippen LogP contribution in [0.4, 0.5) is 0 Å². The number of rotatable bonds is 5. The summed E-state index contributed by atoms with van der Waals surface area (Å²) in [5, 5.41) is 0.0188. The summed E-state index contributed by atoms with van der Waals surface area (Å²) >= 11 is 22.9. The van der Waals surface area contributed by atoms with Gasteiger partial charge in [-0.15, -0.1) is 46.4 Å². The SMILES string of the molecule is CC(Cl)C(Cl)CCC(Cl)CCl. The Kier molecular flexibility index (Phi) is 7.35. The fourth-order valence-corrected chi connectivity index (χ4v) is 1.18. The molecule has 11 heavy (non-hydrogen) atoms. The number of alkyl halides is 4. The van der Waals surface area contributed by atoms with E-state index in [4.69, 9.17) is 46.4 Å². The van der Waals surface area contributed by atoms with Gasteiger partial charge in [-0.1, -0.05) is 0 Å². The minimum atomic E-state index is -0.00383. The topological polar surface area (TPSA) is 0 Å². The van der Waals surface area contributed by atoms with Crippen LogP contribution in [0, 0.1) is 0 Å². The summed E-state index contributed by atoms with van der Waals surface area (Å²) in [5.41, 5.74) is 0. The number of hydrogen-bond acceptors (Lipinski definition) is 0. The Morgan fingerprint density at radius 3 is 2.00 bits per heavy atom. The minimum Gasteiger partial charge on any atom is -0.125 e. The summed E-state index contributed by atoms with van der Waals surface area (Å²) < 4.78 is 0. The van der Waals surface area contributed by atoms with Gasteiger partial charge in [0.05, 0.1) is 0 Å². The second-order valence-corrected chi connectivity index (χ2v) is 4.70. The van der Waals surface area contributed by atoms with E-state index >= 15 is 0 Å². The van der Waals surface area contributed by atoms with E-state index in [0.29, 0.717) is 5.88 Å². The smallest absolute Gasteiger partial charge is 0.0497 e. The Bertz CT molecular complexity index is 94.4. The highest BCUT2D eigenvalue weighted by atomic mass is 35.5. The molecule has 0 saturated carbocycles. The molecular formula is C7H12Cl4. The third-order valence-electron chi connectivity index (χ3n) is 1.42. The van der Waals surface area contributed by atoms with Crippen LogP contribution in [0.3, 0.4) is 0 Å². The van der Waals surface area contributed by atoms with Crippen molar-refractivity contribution in [2.45, 2.75) is 35.9 Å². The van der Waals surface area contributed by atoms with Crippen molar-refractivity contribution in [1.82, 2.24) is 0 Å². The maximum absolute atomic E-state index is 5.88. The van der Waals surface area contributed by atoms with Crippen molar-refractivity contribution in [2.24, 2.45) is 0 Å². The van der Waals surface area contributed by atoms with Crippen molar-refractivity contribution in [1.29, 1.82) is 0 Å². The van der Waals surface area contributed by atoms with Crippen molar-refractivity contribution >= 4 is 46.4 Å². The van der Waals surface area contributed by atoms with E-state index < -0.39 is 0 Å². The molecule has 0 aromatic heterocycles. The molecular weight excluding hydrogens is 226 g/mol. The Balaban J connectivity index is 3.37. The van der Waals surface area contributed by atoms with E-state index in [1.54, 1.807) is 0 Å². The van der Waals surface area contributed by atoms with E-state index in [-0.39, 0.29) is 16.1 Å². The van der Waals surface area contributed by atoms with Crippen molar-refractivity contribution in [3.8, 4) is 0 Å². The largest absolute Gasteiger partial charge is 0.125 e. The van der Waals surface area contributed by atoms with E-state index in [1.165, 1.54) is 0 Å². The lowest BCUT2D eigenvalue weighted by molar-refractivity contribution is 0.674. The van der Waals surface area contributed by atoms with Gasteiger partial charge >= 0.3 is 0 Å². The van der Waals surface area contributed by atoms with Crippen LogP contribution in [0.2, 0.25) is 0 Å². The van der Waals surface area contributed by atoms with E-state index in [0.717, 1.165) is 12.8 Å². The molecule has 0 rings (SSSR count).